The van der Waals surface area contributed by atoms with E-state index in [1.807, 2.05) is 0 Å². The highest BCUT2D eigenvalue weighted by Gasteiger charge is 2.52. The lowest BCUT2D eigenvalue weighted by Crippen LogP contribution is -2.66. The van der Waals surface area contributed by atoms with Crippen molar-refractivity contribution in [3.05, 3.63) is 95.9 Å². The lowest BCUT2D eigenvalue weighted by Gasteiger charge is -2.45. The predicted octanol–water partition coefficient (Wildman–Crippen LogP) is 8.08. The lowest BCUT2D eigenvalue weighted by molar-refractivity contribution is -0.137. The van der Waals surface area contributed by atoms with Crippen LogP contribution < -0.4 is 10.4 Å². The summed E-state index contributed by atoms with van der Waals surface area (Å²) in [5.41, 5.74) is 0. The lowest BCUT2D eigenvalue weighted by atomic mass is 9.84. The third-order valence-electron chi connectivity index (χ3n) is 9.96. The van der Waals surface area contributed by atoms with Crippen LogP contribution in [0, 0.1) is 11.8 Å². The molecule has 1 aliphatic carbocycles. The molecule has 246 valence electrons. The Hall–Kier alpha value is -2.81. The van der Waals surface area contributed by atoms with Gasteiger partial charge >= 0.3 is 5.97 Å². The average molecular weight is 659 g/mol. The molecule has 5 atom stereocenters. The van der Waals surface area contributed by atoms with Crippen LogP contribution in [0.3, 0.4) is 0 Å². The number of thiophene rings is 1. The van der Waals surface area contributed by atoms with E-state index >= 15 is 0 Å². The van der Waals surface area contributed by atoms with E-state index in [9.17, 15) is 15.0 Å². The number of hydrogen-bond donors (Lipinski definition) is 3. The molecule has 1 aromatic heterocycles. The number of carbonyl (C=O) groups is 1. The van der Waals surface area contributed by atoms with Gasteiger partial charge in [0.15, 0.2) is 0 Å². The molecule has 1 heterocycles. The normalized spacial score (nSPS) is 21.1. The van der Waals surface area contributed by atoms with Crippen molar-refractivity contribution in [3.63, 3.8) is 0 Å². The fraction of sp³-hybridized carbons (Fsp3) is 0.462. The standard InChI is InChI=1S/C39H50O5SSi/c1-39(2,3)46(29-17-8-6-9-18-29,30-19-10-7-11-20-30)44-35(37-26-28-16-14-15-22-36(28)45-37)25-24-32-31(33(40)27-34(32)41)21-12-4-5-13-23-38(42)43/h6-11,14-20,22,26,31-35,40-41H,4-5,12-13,21,23-25,27H2,1-3H3,(H,42,43)/t31-,32-,33+,34-,35?/m1/s1. The zero-order chi connectivity index (χ0) is 32.7. The number of carboxylic acid groups (broad SMARTS) is 1. The highest BCUT2D eigenvalue weighted by Crippen LogP contribution is 2.45. The van der Waals surface area contributed by atoms with E-state index in [2.05, 4.69) is 112 Å². The second kappa shape index (κ2) is 15.4. The Balaban J connectivity index is 1.46. The Morgan fingerprint density at radius 1 is 0.826 bits per heavy atom. The van der Waals surface area contributed by atoms with Crippen LogP contribution in [0.5, 0.6) is 0 Å². The molecule has 1 saturated carbocycles. The summed E-state index contributed by atoms with van der Waals surface area (Å²) in [7, 11) is -2.86. The molecule has 5 nitrogen and oxygen atoms in total. The van der Waals surface area contributed by atoms with E-state index in [0.717, 1.165) is 38.5 Å². The van der Waals surface area contributed by atoms with E-state index in [4.69, 9.17) is 9.53 Å². The van der Waals surface area contributed by atoms with Gasteiger partial charge in [0.1, 0.15) is 0 Å². The van der Waals surface area contributed by atoms with E-state index in [1.54, 1.807) is 11.3 Å². The number of unbranched alkanes of at least 4 members (excludes halogenated alkanes) is 3. The summed E-state index contributed by atoms with van der Waals surface area (Å²) >= 11 is 1.80. The molecule has 0 aliphatic heterocycles. The maximum atomic E-state index is 11.2. The van der Waals surface area contributed by atoms with Gasteiger partial charge in [0.05, 0.1) is 18.3 Å². The van der Waals surface area contributed by atoms with E-state index in [0.29, 0.717) is 12.8 Å². The summed E-state index contributed by atoms with van der Waals surface area (Å²) in [5, 5.41) is 34.7. The van der Waals surface area contributed by atoms with E-state index in [-0.39, 0.29) is 29.4 Å². The van der Waals surface area contributed by atoms with Crippen LogP contribution in [-0.2, 0) is 9.22 Å². The van der Waals surface area contributed by atoms with Crippen LogP contribution in [-0.4, -0.2) is 41.8 Å². The Morgan fingerprint density at radius 3 is 1.98 bits per heavy atom. The number of hydrogen-bond acceptors (Lipinski definition) is 5. The minimum absolute atomic E-state index is 0.00588. The molecule has 1 unspecified atom stereocenters. The average Bonchev–Trinajstić information content (AvgIpc) is 3.58. The van der Waals surface area contributed by atoms with Gasteiger partial charge in [0, 0.05) is 16.0 Å². The summed E-state index contributed by atoms with van der Waals surface area (Å²) < 4.78 is 8.99. The first-order chi connectivity index (χ1) is 22.1. The Kier molecular flexibility index (Phi) is 11.6. The maximum absolute atomic E-state index is 11.2. The van der Waals surface area contributed by atoms with Crippen LogP contribution in [0.15, 0.2) is 91.0 Å². The van der Waals surface area contributed by atoms with Crippen molar-refractivity contribution in [2.45, 2.75) is 102 Å². The number of carboxylic acids is 1. The molecule has 0 saturated heterocycles. The van der Waals surface area contributed by atoms with Crippen molar-refractivity contribution < 1.29 is 24.5 Å². The Labute approximate surface area is 279 Å². The molecule has 5 rings (SSSR count). The first-order valence-electron chi connectivity index (χ1n) is 17.0. The molecule has 0 bridgehead atoms. The Bertz CT molecular complexity index is 1460. The Morgan fingerprint density at radius 2 is 1.39 bits per heavy atom. The number of aliphatic hydroxyl groups excluding tert-OH is 2. The monoisotopic (exact) mass is 658 g/mol. The van der Waals surface area contributed by atoms with Gasteiger partial charge in [-0.25, -0.2) is 0 Å². The smallest absolute Gasteiger partial charge is 0.303 e. The van der Waals surface area contributed by atoms with Crippen LogP contribution in [0.2, 0.25) is 5.04 Å². The molecule has 0 amide bonds. The van der Waals surface area contributed by atoms with Crippen LogP contribution in [0.1, 0.15) is 89.5 Å². The topological polar surface area (TPSA) is 87.0 Å². The molecular weight excluding hydrogens is 609 g/mol. The van der Waals surface area contributed by atoms with Crippen molar-refractivity contribution in [1.29, 1.82) is 0 Å². The van der Waals surface area contributed by atoms with Gasteiger partial charge in [-0.3, -0.25) is 4.79 Å². The molecule has 1 aliphatic rings. The van der Waals surface area contributed by atoms with Crippen molar-refractivity contribution in [3.8, 4) is 0 Å². The number of rotatable bonds is 15. The number of aliphatic hydroxyl groups is 2. The second-order valence-electron chi connectivity index (χ2n) is 14.1. The highest BCUT2D eigenvalue weighted by molar-refractivity contribution is 7.19. The summed E-state index contributed by atoms with van der Waals surface area (Å²) in [6.07, 6.45) is 5.19. The SMILES string of the molecule is CC(C)(C)[Si](OC(CC[C@@H]1[C@@H](CCCCCCC(=O)O)[C@@H](O)C[C@H]1O)c1cc2ccccc2s1)(c1ccccc1)c1ccccc1. The third-order valence-corrected chi connectivity index (χ3v) is 16.2. The van der Waals surface area contributed by atoms with Crippen molar-refractivity contribution in [2.24, 2.45) is 11.8 Å². The minimum atomic E-state index is -2.86. The van der Waals surface area contributed by atoms with Crippen LogP contribution in [0.4, 0.5) is 0 Å². The zero-order valence-electron chi connectivity index (χ0n) is 27.5. The molecule has 7 heteroatoms. The molecule has 1 fully saturated rings. The third kappa shape index (κ3) is 7.83. The number of aliphatic carboxylic acids is 1. The predicted molar refractivity (Wildman–Crippen MR) is 191 cm³/mol. The van der Waals surface area contributed by atoms with Gasteiger partial charge in [-0.1, -0.05) is 119 Å². The molecule has 0 spiro atoms. The number of benzene rings is 3. The van der Waals surface area contributed by atoms with Crippen molar-refractivity contribution in [1.82, 2.24) is 0 Å². The first kappa shape index (κ1) is 34.5. The molecule has 0 radical (unpaired) electrons. The minimum Gasteiger partial charge on any atom is -0.481 e. The van der Waals surface area contributed by atoms with Gasteiger partial charge in [-0.2, -0.15) is 0 Å². The second-order valence-corrected chi connectivity index (χ2v) is 19.4. The fourth-order valence-electron chi connectivity index (χ4n) is 7.66. The quantitative estimate of drug-likeness (QED) is 0.0888. The largest absolute Gasteiger partial charge is 0.481 e. The fourth-order valence-corrected chi connectivity index (χ4v) is 13.6. The van der Waals surface area contributed by atoms with Gasteiger partial charge in [0.25, 0.3) is 8.32 Å². The molecule has 3 aromatic carbocycles. The molecule has 4 aromatic rings. The van der Waals surface area contributed by atoms with Gasteiger partial charge < -0.3 is 19.7 Å². The molecule has 3 N–H and O–H groups in total. The zero-order valence-corrected chi connectivity index (χ0v) is 29.3. The first-order valence-corrected chi connectivity index (χ1v) is 19.7. The van der Waals surface area contributed by atoms with Gasteiger partial charge in [-0.05, 0) is 76.9 Å². The summed E-state index contributed by atoms with van der Waals surface area (Å²) in [6.45, 7) is 6.93. The van der Waals surface area contributed by atoms with Gasteiger partial charge in [0.2, 0.25) is 0 Å². The highest BCUT2D eigenvalue weighted by atomic mass is 32.1. The van der Waals surface area contributed by atoms with Crippen LogP contribution in [0.25, 0.3) is 10.1 Å². The van der Waals surface area contributed by atoms with E-state index < -0.39 is 26.5 Å². The summed E-state index contributed by atoms with van der Waals surface area (Å²) in [4.78, 5) is 12.1. The summed E-state index contributed by atoms with van der Waals surface area (Å²) in [6, 6.07) is 32.3. The van der Waals surface area contributed by atoms with Crippen LogP contribution >= 0.6 is 11.3 Å². The van der Waals surface area contributed by atoms with Gasteiger partial charge in [-0.15, -0.1) is 11.3 Å². The van der Waals surface area contributed by atoms with Crippen molar-refractivity contribution >= 4 is 46.1 Å². The number of fused-ring (bicyclic) bond motifs is 1. The van der Waals surface area contributed by atoms with E-state index in [1.165, 1.54) is 25.3 Å². The molecular formula is C39H50O5SSi. The van der Waals surface area contributed by atoms with Crippen molar-refractivity contribution in [2.75, 3.05) is 0 Å². The molecule has 46 heavy (non-hydrogen) atoms. The maximum Gasteiger partial charge on any atom is 0.303 e. The summed E-state index contributed by atoms with van der Waals surface area (Å²) in [5.74, 6) is -0.720.